The number of urea groups is 1. The predicted molar refractivity (Wildman–Crippen MR) is 162 cm³/mol. The highest BCUT2D eigenvalue weighted by Crippen LogP contribution is 2.40. The van der Waals surface area contributed by atoms with Crippen molar-refractivity contribution in [1.29, 1.82) is 0 Å². The molecule has 5 rings (SSSR count). The molecule has 1 aliphatic rings. The van der Waals surface area contributed by atoms with Gasteiger partial charge < -0.3 is 24.8 Å². The molecule has 1 unspecified atom stereocenters. The Balaban J connectivity index is 1.29. The lowest BCUT2D eigenvalue weighted by molar-refractivity contribution is 0.175. The largest absolute Gasteiger partial charge is 0.496 e. The monoisotopic (exact) mass is 554 g/mol. The molecule has 41 heavy (non-hydrogen) atoms. The van der Waals surface area contributed by atoms with Gasteiger partial charge in [-0.05, 0) is 73.2 Å². The third kappa shape index (κ3) is 6.38. The van der Waals surface area contributed by atoms with Gasteiger partial charge in [-0.2, -0.15) is 0 Å². The molecule has 1 aliphatic heterocycles. The summed E-state index contributed by atoms with van der Waals surface area (Å²) in [5.74, 6) is 2.38. The molecule has 0 saturated heterocycles. The number of para-hydroxylation sites is 2. The van der Waals surface area contributed by atoms with Crippen LogP contribution in [-0.2, 0) is 12.8 Å². The average Bonchev–Trinajstić information content (AvgIpc) is 3.00. The molecule has 0 bridgehead atoms. The molecule has 2 heterocycles. The number of aromatic nitrogens is 1. The fourth-order valence-electron chi connectivity index (χ4n) is 5.71. The van der Waals surface area contributed by atoms with Crippen LogP contribution in [0.3, 0.4) is 0 Å². The minimum Gasteiger partial charge on any atom is -0.496 e. The van der Waals surface area contributed by atoms with Gasteiger partial charge in [0.1, 0.15) is 5.75 Å². The lowest BCUT2D eigenvalue weighted by Gasteiger charge is -2.38. The van der Waals surface area contributed by atoms with Gasteiger partial charge in [-0.1, -0.05) is 36.4 Å². The van der Waals surface area contributed by atoms with E-state index in [2.05, 4.69) is 38.7 Å². The molecular formula is C33H38N4O4. The van der Waals surface area contributed by atoms with Crippen LogP contribution in [0.5, 0.6) is 17.2 Å². The number of carbonyl (C=O) groups is 1. The number of hydrogen-bond acceptors (Lipinski definition) is 6. The van der Waals surface area contributed by atoms with E-state index in [1.807, 2.05) is 55.5 Å². The highest BCUT2D eigenvalue weighted by Gasteiger charge is 2.29. The Hall–Kier alpha value is -4.30. The zero-order chi connectivity index (χ0) is 28.8. The van der Waals surface area contributed by atoms with E-state index in [0.29, 0.717) is 18.8 Å². The standard InChI is InChI=1S/C33H38N4O4/c1-22-28(19-25-10-5-7-11-27(25)35-22)36-33(38)34-16-18-37-17-15-24-20-31(40-3)32(41-4)21-26(24)29(37)14-13-23-9-6-8-12-30(23)39-2/h5-12,19-21,29H,13-18H2,1-4H3,(H2,34,36,38). The molecule has 0 radical (unpaired) electrons. The molecule has 2 amide bonds. The summed E-state index contributed by atoms with van der Waals surface area (Å²) in [6, 6.07) is 22.2. The van der Waals surface area contributed by atoms with Crippen molar-refractivity contribution in [3.05, 3.63) is 89.1 Å². The molecule has 8 heteroatoms. The first-order chi connectivity index (χ1) is 20.0. The second kappa shape index (κ2) is 12.9. The summed E-state index contributed by atoms with van der Waals surface area (Å²) in [4.78, 5) is 19.9. The Bertz CT molecular complexity index is 1520. The van der Waals surface area contributed by atoms with Gasteiger partial charge >= 0.3 is 6.03 Å². The number of hydrogen-bond donors (Lipinski definition) is 2. The van der Waals surface area contributed by atoms with Gasteiger partial charge in [0.05, 0.1) is 38.2 Å². The minimum absolute atomic E-state index is 0.153. The van der Waals surface area contributed by atoms with Crippen molar-refractivity contribution < 1.29 is 19.0 Å². The normalized spacial score (nSPS) is 14.8. The van der Waals surface area contributed by atoms with Gasteiger partial charge in [0.25, 0.3) is 0 Å². The Morgan fingerprint density at radius 3 is 2.49 bits per heavy atom. The number of anilines is 1. The summed E-state index contributed by atoms with van der Waals surface area (Å²) >= 11 is 0. The molecule has 0 spiro atoms. The first-order valence-electron chi connectivity index (χ1n) is 14.0. The number of pyridine rings is 1. The van der Waals surface area contributed by atoms with Crippen molar-refractivity contribution in [2.75, 3.05) is 46.3 Å². The fourth-order valence-corrected chi connectivity index (χ4v) is 5.71. The van der Waals surface area contributed by atoms with Crippen LogP contribution in [0.4, 0.5) is 10.5 Å². The first kappa shape index (κ1) is 28.2. The smallest absolute Gasteiger partial charge is 0.319 e. The van der Waals surface area contributed by atoms with Crippen LogP contribution in [-0.4, -0.2) is 56.9 Å². The number of fused-ring (bicyclic) bond motifs is 2. The number of amides is 2. The highest BCUT2D eigenvalue weighted by atomic mass is 16.5. The molecular weight excluding hydrogens is 516 g/mol. The molecule has 2 N–H and O–H groups in total. The fraction of sp³-hybridized carbons (Fsp3) is 0.333. The average molecular weight is 555 g/mol. The lowest BCUT2D eigenvalue weighted by atomic mass is 9.88. The van der Waals surface area contributed by atoms with Crippen molar-refractivity contribution in [2.24, 2.45) is 0 Å². The summed E-state index contributed by atoms with van der Waals surface area (Å²) in [6.45, 7) is 4.02. The molecule has 4 aromatic rings. The van der Waals surface area contributed by atoms with Crippen molar-refractivity contribution in [1.82, 2.24) is 15.2 Å². The number of benzene rings is 3. The van der Waals surface area contributed by atoms with Gasteiger partial charge in [0.2, 0.25) is 0 Å². The molecule has 3 aromatic carbocycles. The van der Waals surface area contributed by atoms with Gasteiger partial charge in [0.15, 0.2) is 11.5 Å². The third-order valence-corrected chi connectivity index (χ3v) is 7.84. The van der Waals surface area contributed by atoms with E-state index < -0.39 is 0 Å². The maximum atomic E-state index is 12.8. The zero-order valence-corrected chi connectivity index (χ0v) is 24.2. The van der Waals surface area contributed by atoms with E-state index in [1.165, 1.54) is 16.7 Å². The van der Waals surface area contributed by atoms with Crippen molar-refractivity contribution in [3.63, 3.8) is 0 Å². The summed E-state index contributed by atoms with van der Waals surface area (Å²) in [5.41, 5.74) is 6.10. The molecule has 214 valence electrons. The summed E-state index contributed by atoms with van der Waals surface area (Å²) < 4.78 is 16.9. The van der Waals surface area contributed by atoms with E-state index >= 15 is 0 Å². The van der Waals surface area contributed by atoms with Crippen molar-refractivity contribution in [2.45, 2.75) is 32.2 Å². The maximum absolute atomic E-state index is 12.8. The van der Waals surface area contributed by atoms with Gasteiger partial charge in [0, 0.05) is 31.1 Å². The van der Waals surface area contributed by atoms with Gasteiger partial charge in [-0.25, -0.2) is 4.79 Å². The van der Waals surface area contributed by atoms with Crippen molar-refractivity contribution in [3.8, 4) is 17.2 Å². The van der Waals surface area contributed by atoms with Crippen LogP contribution in [0, 0.1) is 6.92 Å². The minimum atomic E-state index is -0.237. The summed E-state index contributed by atoms with van der Waals surface area (Å²) in [6.07, 6.45) is 2.66. The second-order valence-electron chi connectivity index (χ2n) is 10.3. The van der Waals surface area contributed by atoms with Gasteiger partial charge in [-0.15, -0.1) is 0 Å². The Morgan fingerprint density at radius 1 is 0.951 bits per heavy atom. The number of carbonyl (C=O) groups excluding carboxylic acids is 1. The number of ether oxygens (including phenoxy) is 3. The number of nitrogens with zero attached hydrogens (tertiary/aromatic N) is 2. The Kier molecular flexibility index (Phi) is 8.89. The second-order valence-corrected chi connectivity index (χ2v) is 10.3. The third-order valence-electron chi connectivity index (χ3n) is 7.84. The van der Waals surface area contributed by atoms with Crippen LogP contribution in [0.15, 0.2) is 66.7 Å². The van der Waals surface area contributed by atoms with Crippen molar-refractivity contribution >= 4 is 22.6 Å². The van der Waals surface area contributed by atoms with Crippen LogP contribution in [0.1, 0.15) is 34.8 Å². The van der Waals surface area contributed by atoms with Crippen LogP contribution >= 0.6 is 0 Å². The predicted octanol–water partition coefficient (Wildman–Crippen LogP) is 5.92. The van der Waals surface area contributed by atoms with E-state index in [9.17, 15) is 4.79 Å². The van der Waals surface area contributed by atoms with Crippen LogP contribution in [0.25, 0.3) is 10.9 Å². The molecule has 1 aromatic heterocycles. The molecule has 0 saturated carbocycles. The summed E-state index contributed by atoms with van der Waals surface area (Å²) in [7, 11) is 5.05. The lowest BCUT2D eigenvalue weighted by Crippen LogP contribution is -2.42. The van der Waals surface area contributed by atoms with Gasteiger partial charge in [-0.3, -0.25) is 9.88 Å². The Morgan fingerprint density at radius 2 is 1.68 bits per heavy atom. The quantitative estimate of drug-likeness (QED) is 0.253. The maximum Gasteiger partial charge on any atom is 0.319 e. The first-order valence-corrected chi connectivity index (χ1v) is 14.0. The summed E-state index contributed by atoms with van der Waals surface area (Å²) in [5, 5.41) is 7.02. The van der Waals surface area contributed by atoms with E-state index in [0.717, 1.165) is 59.7 Å². The van der Waals surface area contributed by atoms with E-state index in [-0.39, 0.29) is 12.1 Å². The Labute approximate surface area is 241 Å². The number of methoxy groups -OCH3 is 3. The molecule has 0 fully saturated rings. The van der Waals surface area contributed by atoms with Crippen LogP contribution in [0.2, 0.25) is 0 Å². The topological polar surface area (TPSA) is 85.0 Å². The molecule has 0 aliphatic carbocycles. The molecule has 1 atom stereocenters. The molecule has 8 nitrogen and oxygen atoms in total. The SMILES string of the molecule is COc1ccccc1CCC1c2cc(OC)c(OC)cc2CCN1CCNC(=O)Nc1cc2ccccc2nc1C. The van der Waals surface area contributed by atoms with E-state index in [4.69, 9.17) is 14.2 Å². The van der Waals surface area contributed by atoms with E-state index in [1.54, 1.807) is 21.3 Å². The number of nitrogens with one attached hydrogen (secondary N) is 2. The zero-order valence-electron chi connectivity index (χ0n) is 24.2. The number of aryl methyl sites for hydroxylation is 2. The highest BCUT2D eigenvalue weighted by molar-refractivity contribution is 5.93. The van der Waals surface area contributed by atoms with Crippen LogP contribution < -0.4 is 24.8 Å². The number of rotatable bonds is 10.